The largest absolute Gasteiger partial charge is 0.388 e. The van der Waals surface area contributed by atoms with E-state index in [1.807, 2.05) is 0 Å². The summed E-state index contributed by atoms with van der Waals surface area (Å²) < 4.78 is 0. The fourth-order valence-electron chi connectivity index (χ4n) is 10.5. The molecule has 4 aromatic rings. The van der Waals surface area contributed by atoms with Gasteiger partial charge in [0.25, 0.3) is 0 Å². The maximum atomic E-state index is 11.8. The number of benzene rings is 4. The molecule has 0 radical (unpaired) electrons. The molecule has 4 N–H and O–H groups in total. The molecule has 8 aliphatic rings. The van der Waals surface area contributed by atoms with Gasteiger partial charge in [0.05, 0.1) is 24.4 Å². The first-order valence-electron chi connectivity index (χ1n) is 15.2. The minimum atomic E-state index is -0.771. The van der Waals surface area contributed by atoms with E-state index in [0.717, 1.165) is 58.7 Å². The van der Waals surface area contributed by atoms with E-state index in [0.29, 0.717) is 12.8 Å². The van der Waals surface area contributed by atoms with Crippen LogP contribution in [-0.2, 0) is 0 Å². The minimum absolute atomic E-state index is 0.181. The molecule has 200 valence electrons. The summed E-state index contributed by atoms with van der Waals surface area (Å²) in [5.41, 5.74) is 14.1. The monoisotopic (exact) mass is 528 g/mol. The van der Waals surface area contributed by atoms with E-state index in [-0.39, 0.29) is 23.7 Å². The number of fused-ring (bicyclic) bond motifs is 2. The second-order valence-corrected chi connectivity index (χ2v) is 13.2. The molecule has 0 spiro atoms. The fourth-order valence-corrected chi connectivity index (χ4v) is 10.5. The van der Waals surface area contributed by atoms with Gasteiger partial charge in [-0.25, -0.2) is 0 Å². The van der Waals surface area contributed by atoms with Crippen LogP contribution in [0.3, 0.4) is 0 Å². The van der Waals surface area contributed by atoms with Crippen LogP contribution in [0.25, 0.3) is 10.8 Å². The number of hydrogen-bond acceptors (Lipinski definition) is 4. The van der Waals surface area contributed by atoms with Crippen LogP contribution in [0.2, 0.25) is 0 Å². The maximum absolute atomic E-state index is 11.8. The minimum Gasteiger partial charge on any atom is -0.388 e. The Labute approximate surface area is 232 Å². The van der Waals surface area contributed by atoms with E-state index in [2.05, 4.69) is 48.5 Å². The van der Waals surface area contributed by atoms with Crippen molar-refractivity contribution in [2.45, 2.75) is 86.6 Å². The van der Waals surface area contributed by atoms with Crippen LogP contribution in [-0.4, -0.2) is 20.4 Å². The molecule has 8 aliphatic carbocycles. The van der Waals surface area contributed by atoms with Crippen molar-refractivity contribution in [3.05, 3.63) is 115 Å². The fraction of sp³-hybridized carbons (Fsp3) is 0.389. The number of rotatable bonds is 0. The molecule has 0 saturated heterocycles. The Morgan fingerprint density at radius 2 is 0.625 bits per heavy atom. The van der Waals surface area contributed by atoms with Gasteiger partial charge in [0.15, 0.2) is 0 Å². The Bertz CT molecular complexity index is 1560. The van der Waals surface area contributed by atoms with Crippen molar-refractivity contribution in [1.82, 2.24) is 0 Å². The molecule has 12 rings (SSSR count). The lowest BCUT2D eigenvalue weighted by Gasteiger charge is -2.50. The predicted octanol–water partition coefficient (Wildman–Crippen LogP) is 6.52. The average Bonchev–Trinajstić information content (AvgIpc) is 2.98. The molecule has 4 aromatic carbocycles. The second-order valence-electron chi connectivity index (χ2n) is 13.2. The highest BCUT2D eigenvalue weighted by atomic mass is 16.3. The molecule has 0 amide bonds. The van der Waals surface area contributed by atoms with Crippen molar-refractivity contribution >= 4 is 10.8 Å². The SMILES string of the molecule is O[C@@H]1C[C@H](O)c2c3c(c4c5c(c6c(c1c25)C1CCC6c2ccccc21)[C@@H](O)C[C@H]4O)C1CCC3c2ccccc21. The molecule has 4 bridgehead atoms. The lowest BCUT2D eigenvalue weighted by Crippen LogP contribution is -2.35. The topological polar surface area (TPSA) is 80.9 Å². The van der Waals surface area contributed by atoms with E-state index in [1.165, 1.54) is 44.5 Å². The molecule has 0 aromatic heterocycles. The standard InChI is InChI=1S/C36H32O4/c37-23-13-25(39)33-29-21-11-12-22(18-8-4-3-7-17(18)21)30(29)34-26(40)14-24(38)32-28-20-10-9-19(15-5-1-2-6-16(15)20)27(28)31(23)35(33)36(32)34/h1-8,19-26,37-40H,9-14H2/t19?,20?,21?,22?,23-,24+,25+,26-. The highest BCUT2D eigenvalue weighted by Crippen LogP contribution is 2.66. The van der Waals surface area contributed by atoms with E-state index < -0.39 is 24.4 Å². The van der Waals surface area contributed by atoms with Gasteiger partial charge in [0.2, 0.25) is 0 Å². The van der Waals surface area contributed by atoms with Gasteiger partial charge in [-0.3, -0.25) is 0 Å². The first-order valence-corrected chi connectivity index (χ1v) is 15.2. The smallest absolute Gasteiger partial charge is 0.0827 e. The zero-order valence-electron chi connectivity index (χ0n) is 22.3. The van der Waals surface area contributed by atoms with Crippen LogP contribution in [0, 0.1) is 0 Å². The molecule has 4 nitrogen and oxygen atoms in total. The van der Waals surface area contributed by atoms with Crippen LogP contribution >= 0.6 is 0 Å². The Morgan fingerprint density at radius 1 is 0.375 bits per heavy atom. The summed E-state index contributed by atoms with van der Waals surface area (Å²) in [7, 11) is 0. The van der Waals surface area contributed by atoms with Crippen LogP contribution < -0.4 is 0 Å². The summed E-state index contributed by atoms with van der Waals surface area (Å²) in [6, 6.07) is 17.5. The highest BCUT2D eigenvalue weighted by molar-refractivity contribution is 6.02. The molecule has 4 unspecified atom stereocenters. The summed E-state index contributed by atoms with van der Waals surface area (Å²) in [6.45, 7) is 0. The van der Waals surface area contributed by atoms with E-state index in [4.69, 9.17) is 0 Å². The molecule has 0 fully saturated rings. The lowest BCUT2D eigenvalue weighted by atomic mass is 9.55. The molecule has 40 heavy (non-hydrogen) atoms. The van der Waals surface area contributed by atoms with Crippen molar-refractivity contribution in [1.29, 1.82) is 0 Å². The average molecular weight is 529 g/mol. The van der Waals surface area contributed by atoms with Crippen molar-refractivity contribution in [2.75, 3.05) is 0 Å². The predicted molar refractivity (Wildman–Crippen MR) is 152 cm³/mol. The van der Waals surface area contributed by atoms with Gasteiger partial charge in [-0.05, 0) is 103 Å². The Kier molecular flexibility index (Phi) is 4.21. The Balaban J connectivity index is 1.43. The molecular formula is C36H32O4. The summed E-state index contributed by atoms with van der Waals surface area (Å²) in [5, 5.41) is 49.0. The van der Waals surface area contributed by atoms with Crippen molar-refractivity contribution in [3.8, 4) is 0 Å². The third-order valence-electron chi connectivity index (χ3n) is 11.7. The van der Waals surface area contributed by atoms with Crippen molar-refractivity contribution < 1.29 is 20.4 Å². The highest BCUT2D eigenvalue weighted by Gasteiger charge is 2.50. The van der Waals surface area contributed by atoms with Gasteiger partial charge < -0.3 is 20.4 Å². The van der Waals surface area contributed by atoms with Gasteiger partial charge in [0.1, 0.15) is 0 Å². The molecule has 0 heterocycles. The first-order chi connectivity index (χ1) is 19.5. The van der Waals surface area contributed by atoms with Crippen molar-refractivity contribution in [3.63, 3.8) is 0 Å². The first kappa shape index (κ1) is 22.6. The second kappa shape index (κ2) is 7.43. The number of aliphatic hydroxyl groups excluding tert-OH is 4. The van der Waals surface area contributed by atoms with Crippen molar-refractivity contribution in [2.24, 2.45) is 0 Å². The molecule has 0 saturated carbocycles. The van der Waals surface area contributed by atoms with E-state index in [1.54, 1.807) is 0 Å². The third kappa shape index (κ3) is 2.43. The van der Waals surface area contributed by atoms with Crippen LogP contribution in [0.4, 0.5) is 0 Å². The summed E-state index contributed by atoms with van der Waals surface area (Å²) in [4.78, 5) is 0. The normalized spacial score (nSPS) is 33.4. The van der Waals surface area contributed by atoms with Gasteiger partial charge in [0, 0.05) is 36.5 Å². The molecule has 0 aliphatic heterocycles. The van der Waals surface area contributed by atoms with E-state index >= 15 is 0 Å². The zero-order chi connectivity index (χ0) is 26.6. The van der Waals surface area contributed by atoms with Crippen LogP contribution in [0.1, 0.15) is 153 Å². The van der Waals surface area contributed by atoms with E-state index in [9.17, 15) is 20.4 Å². The summed E-state index contributed by atoms with van der Waals surface area (Å²) in [5.74, 6) is 0.723. The lowest BCUT2D eigenvalue weighted by molar-refractivity contribution is 0.0687. The maximum Gasteiger partial charge on any atom is 0.0827 e. The summed E-state index contributed by atoms with van der Waals surface area (Å²) >= 11 is 0. The Hall–Kier alpha value is -3.02. The van der Waals surface area contributed by atoms with Gasteiger partial charge in [-0.2, -0.15) is 0 Å². The Morgan fingerprint density at radius 3 is 0.875 bits per heavy atom. The third-order valence-corrected chi connectivity index (χ3v) is 11.7. The molecular weight excluding hydrogens is 496 g/mol. The quantitative estimate of drug-likeness (QED) is 0.209. The van der Waals surface area contributed by atoms with Gasteiger partial charge in [-0.1, -0.05) is 48.5 Å². The molecule has 4 heteroatoms. The molecule has 8 atom stereocenters. The number of hydrogen-bond donors (Lipinski definition) is 4. The van der Waals surface area contributed by atoms with Crippen LogP contribution in [0.15, 0.2) is 48.5 Å². The van der Waals surface area contributed by atoms with Gasteiger partial charge in [-0.15, -0.1) is 0 Å². The van der Waals surface area contributed by atoms with Crippen LogP contribution in [0.5, 0.6) is 0 Å². The zero-order valence-corrected chi connectivity index (χ0v) is 22.3. The summed E-state index contributed by atoms with van der Waals surface area (Å²) in [6.07, 6.45) is 1.64. The number of aliphatic hydroxyl groups is 4. The van der Waals surface area contributed by atoms with Gasteiger partial charge >= 0.3 is 0 Å².